The summed E-state index contributed by atoms with van der Waals surface area (Å²) in [4.78, 5) is 10.6. The summed E-state index contributed by atoms with van der Waals surface area (Å²) in [5.74, 6) is 0.611. The molecule has 1 heterocycles. The van der Waals surface area contributed by atoms with Crippen LogP contribution in [0.5, 0.6) is 0 Å². The molecule has 0 aliphatic carbocycles. The fraction of sp³-hybridized carbons (Fsp3) is 0.417. The van der Waals surface area contributed by atoms with Gasteiger partial charge < -0.3 is 5.32 Å². The fourth-order valence-corrected chi connectivity index (χ4v) is 2.26. The third kappa shape index (κ3) is 3.42. The van der Waals surface area contributed by atoms with Gasteiger partial charge in [-0.1, -0.05) is 6.92 Å². The van der Waals surface area contributed by atoms with E-state index < -0.39 is 4.92 Å². The highest BCUT2D eigenvalue weighted by Crippen LogP contribution is 2.27. The molecule has 8 nitrogen and oxygen atoms in total. The first-order valence-corrected chi connectivity index (χ1v) is 7.29. The highest BCUT2D eigenvalue weighted by atomic mass is 79.9. The summed E-state index contributed by atoms with van der Waals surface area (Å²) in [7, 11) is 0. The number of hydrogen-bond donors (Lipinski definition) is 1. The molecule has 1 unspecified atom stereocenters. The van der Waals surface area contributed by atoms with Gasteiger partial charge in [0.2, 0.25) is 0 Å². The molecule has 0 aliphatic rings. The lowest BCUT2D eigenvalue weighted by Crippen LogP contribution is -2.22. The van der Waals surface area contributed by atoms with Crippen LogP contribution in [0.4, 0.5) is 5.69 Å². The normalized spacial score (nSPS) is 12.3. The van der Waals surface area contributed by atoms with E-state index in [1.807, 2.05) is 6.92 Å². The molecule has 21 heavy (non-hydrogen) atoms. The maximum atomic E-state index is 11.0. The van der Waals surface area contributed by atoms with E-state index in [1.54, 1.807) is 12.1 Å². The molecule has 1 aromatic heterocycles. The molecule has 0 saturated carbocycles. The SMILES string of the molecule is CCCNC(C)c1nnnn1-c1ccc(Br)c([N+](=O)[O-])c1. The molecule has 1 atom stereocenters. The Morgan fingerprint density at radius 1 is 1.52 bits per heavy atom. The van der Waals surface area contributed by atoms with Gasteiger partial charge in [-0.25, -0.2) is 0 Å². The van der Waals surface area contributed by atoms with Gasteiger partial charge in [-0.15, -0.1) is 5.10 Å². The van der Waals surface area contributed by atoms with Crippen molar-refractivity contribution in [2.24, 2.45) is 0 Å². The fourth-order valence-electron chi connectivity index (χ4n) is 1.87. The largest absolute Gasteiger partial charge is 0.307 e. The summed E-state index contributed by atoms with van der Waals surface area (Å²) in [5.41, 5.74) is 0.526. The number of nitrogens with zero attached hydrogens (tertiary/aromatic N) is 5. The first kappa shape index (κ1) is 15.5. The molecule has 2 aromatic rings. The van der Waals surface area contributed by atoms with E-state index in [1.165, 1.54) is 10.7 Å². The molecule has 9 heteroatoms. The number of hydrogen-bond acceptors (Lipinski definition) is 6. The Balaban J connectivity index is 2.37. The standard InChI is InChI=1S/C12H15BrN6O2/c1-3-6-14-8(2)12-15-16-17-18(12)9-4-5-10(13)11(7-9)19(20)21/h4-5,7-8,14H,3,6H2,1-2H3. The van der Waals surface area contributed by atoms with Crippen LogP contribution in [-0.4, -0.2) is 31.7 Å². The lowest BCUT2D eigenvalue weighted by atomic mass is 10.2. The van der Waals surface area contributed by atoms with Gasteiger partial charge in [0, 0.05) is 6.07 Å². The molecule has 0 aliphatic heterocycles. The number of nitro benzene ring substituents is 1. The van der Waals surface area contributed by atoms with Gasteiger partial charge >= 0.3 is 0 Å². The maximum Gasteiger partial charge on any atom is 0.285 e. The average molecular weight is 355 g/mol. The molecule has 0 fully saturated rings. The van der Waals surface area contributed by atoms with Gasteiger partial charge in [0.1, 0.15) is 0 Å². The second-order valence-corrected chi connectivity index (χ2v) is 5.37. The Labute approximate surface area is 129 Å². The van der Waals surface area contributed by atoms with Crippen LogP contribution >= 0.6 is 15.9 Å². The van der Waals surface area contributed by atoms with Crippen molar-refractivity contribution in [2.45, 2.75) is 26.3 Å². The van der Waals surface area contributed by atoms with Crippen molar-refractivity contribution in [3.8, 4) is 5.69 Å². The molecule has 112 valence electrons. The summed E-state index contributed by atoms with van der Waals surface area (Å²) in [5, 5.41) is 25.9. The Kier molecular flexibility index (Phi) is 4.97. The zero-order valence-corrected chi connectivity index (χ0v) is 13.2. The molecule has 0 spiro atoms. The van der Waals surface area contributed by atoms with E-state index in [0.717, 1.165) is 13.0 Å². The van der Waals surface area contributed by atoms with Crippen LogP contribution in [0, 0.1) is 10.1 Å². The Hall–Kier alpha value is -1.87. The molecule has 0 radical (unpaired) electrons. The quantitative estimate of drug-likeness (QED) is 0.631. The maximum absolute atomic E-state index is 11.0. The van der Waals surface area contributed by atoms with Crippen molar-refractivity contribution in [1.82, 2.24) is 25.5 Å². The van der Waals surface area contributed by atoms with E-state index in [-0.39, 0.29) is 11.7 Å². The number of nitrogens with one attached hydrogen (secondary N) is 1. The topological polar surface area (TPSA) is 98.8 Å². The number of aromatic nitrogens is 4. The minimum atomic E-state index is -0.448. The lowest BCUT2D eigenvalue weighted by Gasteiger charge is -2.12. The number of benzene rings is 1. The zero-order valence-electron chi connectivity index (χ0n) is 11.7. The first-order valence-electron chi connectivity index (χ1n) is 6.50. The summed E-state index contributed by atoms with van der Waals surface area (Å²) in [6, 6.07) is 4.73. The second kappa shape index (κ2) is 6.72. The van der Waals surface area contributed by atoms with E-state index in [4.69, 9.17) is 0 Å². The highest BCUT2D eigenvalue weighted by Gasteiger charge is 2.18. The summed E-state index contributed by atoms with van der Waals surface area (Å²) in [6.07, 6.45) is 0.996. The summed E-state index contributed by atoms with van der Waals surface area (Å²) < 4.78 is 1.93. The van der Waals surface area contributed by atoms with Crippen molar-refractivity contribution >= 4 is 21.6 Å². The number of halogens is 1. The second-order valence-electron chi connectivity index (χ2n) is 4.52. The van der Waals surface area contributed by atoms with Crippen LogP contribution in [0.3, 0.4) is 0 Å². The Morgan fingerprint density at radius 2 is 2.29 bits per heavy atom. The van der Waals surface area contributed by atoms with E-state index in [9.17, 15) is 10.1 Å². The van der Waals surface area contributed by atoms with E-state index in [2.05, 4.69) is 43.7 Å². The van der Waals surface area contributed by atoms with Crippen LogP contribution in [0.2, 0.25) is 0 Å². The van der Waals surface area contributed by atoms with E-state index >= 15 is 0 Å². The highest BCUT2D eigenvalue weighted by molar-refractivity contribution is 9.10. The number of tetrazole rings is 1. The van der Waals surface area contributed by atoms with Crippen LogP contribution in [0.15, 0.2) is 22.7 Å². The van der Waals surface area contributed by atoms with Gasteiger partial charge in [-0.3, -0.25) is 10.1 Å². The van der Waals surface area contributed by atoms with Crippen molar-refractivity contribution in [3.05, 3.63) is 38.6 Å². The van der Waals surface area contributed by atoms with Gasteiger partial charge in [0.05, 0.1) is 21.1 Å². The summed E-state index contributed by atoms with van der Waals surface area (Å²) >= 11 is 3.16. The van der Waals surface area contributed by atoms with Crippen molar-refractivity contribution in [2.75, 3.05) is 6.54 Å². The van der Waals surface area contributed by atoms with Crippen molar-refractivity contribution < 1.29 is 4.92 Å². The monoisotopic (exact) mass is 354 g/mol. The summed E-state index contributed by atoms with van der Waals surface area (Å²) in [6.45, 7) is 4.86. The minimum absolute atomic E-state index is 0.0249. The molecule has 2 rings (SSSR count). The van der Waals surface area contributed by atoms with Gasteiger partial charge in [0.25, 0.3) is 5.69 Å². The molecule has 0 saturated heterocycles. The Morgan fingerprint density at radius 3 is 2.95 bits per heavy atom. The molecule has 0 amide bonds. The average Bonchev–Trinajstić information content (AvgIpc) is 2.94. The molecule has 1 N–H and O–H groups in total. The van der Waals surface area contributed by atoms with Crippen LogP contribution < -0.4 is 5.32 Å². The van der Waals surface area contributed by atoms with Crippen molar-refractivity contribution in [3.63, 3.8) is 0 Å². The first-order chi connectivity index (χ1) is 10.0. The smallest absolute Gasteiger partial charge is 0.285 e. The number of rotatable bonds is 6. The van der Waals surface area contributed by atoms with Crippen LogP contribution in [0.1, 0.15) is 32.1 Å². The molecular formula is C12H15BrN6O2. The van der Waals surface area contributed by atoms with E-state index in [0.29, 0.717) is 16.0 Å². The third-order valence-corrected chi connectivity index (χ3v) is 3.62. The predicted octanol–water partition coefficient (Wildman–Crippen LogP) is 2.39. The predicted molar refractivity (Wildman–Crippen MR) is 80.2 cm³/mol. The molecule has 1 aromatic carbocycles. The minimum Gasteiger partial charge on any atom is -0.307 e. The molecule has 0 bridgehead atoms. The van der Waals surface area contributed by atoms with Crippen molar-refractivity contribution in [1.29, 1.82) is 0 Å². The third-order valence-electron chi connectivity index (χ3n) is 2.95. The van der Waals surface area contributed by atoms with Gasteiger partial charge in [-0.2, -0.15) is 4.68 Å². The van der Waals surface area contributed by atoms with Gasteiger partial charge in [0.15, 0.2) is 5.82 Å². The zero-order chi connectivity index (χ0) is 15.4. The van der Waals surface area contributed by atoms with Crippen LogP contribution in [-0.2, 0) is 0 Å². The van der Waals surface area contributed by atoms with Crippen LogP contribution in [0.25, 0.3) is 5.69 Å². The Bertz CT molecular complexity index is 644. The lowest BCUT2D eigenvalue weighted by molar-refractivity contribution is -0.385. The molecular weight excluding hydrogens is 340 g/mol. The number of nitro groups is 1. The van der Waals surface area contributed by atoms with Gasteiger partial charge in [-0.05, 0) is 58.4 Å².